The van der Waals surface area contributed by atoms with Gasteiger partial charge in [0.15, 0.2) is 0 Å². The first kappa shape index (κ1) is 15.1. The molecule has 0 fully saturated rings. The molecule has 0 aliphatic carbocycles. The molecule has 0 radical (unpaired) electrons. The average Bonchev–Trinajstić information content (AvgIpc) is 2.71. The van der Waals surface area contributed by atoms with Gasteiger partial charge < -0.3 is 5.73 Å². The molecule has 0 aliphatic rings. The predicted molar refractivity (Wildman–Crippen MR) is 70.5 cm³/mol. The number of hydrogen-bond donors (Lipinski definition) is 2. The van der Waals surface area contributed by atoms with Gasteiger partial charge in [0.1, 0.15) is 4.90 Å². The number of nitrogens with two attached hydrogens (primary N) is 1. The molecular formula is C11H22N4O2S. The average molecular weight is 274 g/mol. The normalized spacial score (nSPS) is 14.1. The summed E-state index contributed by atoms with van der Waals surface area (Å²) < 4.78 is 26.8. The second-order valence-corrected chi connectivity index (χ2v) is 6.12. The van der Waals surface area contributed by atoms with E-state index in [1.165, 1.54) is 4.31 Å². The maximum absolute atomic E-state index is 12.6. The van der Waals surface area contributed by atoms with Crippen molar-refractivity contribution in [1.82, 2.24) is 14.5 Å². The van der Waals surface area contributed by atoms with Crippen LogP contribution in [0.5, 0.6) is 0 Å². The van der Waals surface area contributed by atoms with Crippen molar-refractivity contribution in [2.75, 3.05) is 6.54 Å². The first-order valence-corrected chi connectivity index (χ1v) is 7.59. The van der Waals surface area contributed by atoms with E-state index in [2.05, 4.69) is 10.2 Å². The van der Waals surface area contributed by atoms with Gasteiger partial charge in [0.25, 0.3) is 0 Å². The van der Waals surface area contributed by atoms with E-state index in [9.17, 15) is 8.42 Å². The molecule has 1 rings (SSSR count). The van der Waals surface area contributed by atoms with Crippen LogP contribution in [0.25, 0.3) is 0 Å². The summed E-state index contributed by atoms with van der Waals surface area (Å²) >= 11 is 0. The molecule has 7 heteroatoms. The van der Waals surface area contributed by atoms with E-state index in [0.29, 0.717) is 17.9 Å². The van der Waals surface area contributed by atoms with Crippen LogP contribution in [-0.4, -0.2) is 35.5 Å². The first-order chi connectivity index (χ1) is 8.39. The number of nitrogens with one attached hydrogen (secondary N) is 1. The van der Waals surface area contributed by atoms with Gasteiger partial charge in [-0.3, -0.25) is 5.10 Å². The SMILES string of the molecule is CCC(C)N(CC)S(=O)(=O)c1c(CN)n[nH]c1C. The van der Waals surface area contributed by atoms with Crippen molar-refractivity contribution in [3.63, 3.8) is 0 Å². The highest BCUT2D eigenvalue weighted by molar-refractivity contribution is 7.89. The number of aryl methyl sites for hydroxylation is 1. The topological polar surface area (TPSA) is 92.1 Å². The van der Waals surface area contributed by atoms with Gasteiger partial charge >= 0.3 is 0 Å². The monoisotopic (exact) mass is 274 g/mol. The summed E-state index contributed by atoms with van der Waals surface area (Å²) in [5.41, 5.74) is 6.48. The number of sulfonamides is 1. The van der Waals surface area contributed by atoms with Crippen molar-refractivity contribution in [3.8, 4) is 0 Å². The Balaban J connectivity index is 3.31. The Bertz CT molecular complexity index is 495. The fourth-order valence-electron chi connectivity index (χ4n) is 1.99. The van der Waals surface area contributed by atoms with Gasteiger partial charge in [-0.25, -0.2) is 8.42 Å². The summed E-state index contributed by atoms with van der Waals surface area (Å²) in [6.45, 7) is 7.95. The third-order valence-corrected chi connectivity index (χ3v) is 5.41. The highest BCUT2D eigenvalue weighted by Gasteiger charge is 2.31. The Morgan fingerprint density at radius 2 is 2.06 bits per heavy atom. The van der Waals surface area contributed by atoms with E-state index in [1.807, 2.05) is 20.8 Å². The highest BCUT2D eigenvalue weighted by atomic mass is 32.2. The van der Waals surface area contributed by atoms with Gasteiger partial charge in [0.05, 0.1) is 11.4 Å². The molecule has 6 nitrogen and oxygen atoms in total. The van der Waals surface area contributed by atoms with E-state index in [4.69, 9.17) is 5.73 Å². The van der Waals surface area contributed by atoms with Crippen LogP contribution in [0, 0.1) is 6.92 Å². The van der Waals surface area contributed by atoms with Gasteiger partial charge in [0.2, 0.25) is 10.0 Å². The van der Waals surface area contributed by atoms with Crippen LogP contribution < -0.4 is 5.73 Å². The minimum absolute atomic E-state index is 0.0417. The van der Waals surface area contributed by atoms with Gasteiger partial charge in [-0.05, 0) is 20.3 Å². The molecule has 1 unspecified atom stereocenters. The molecular weight excluding hydrogens is 252 g/mol. The van der Waals surface area contributed by atoms with Gasteiger partial charge in [-0.1, -0.05) is 13.8 Å². The zero-order chi connectivity index (χ0) is 13.9. The Morgan fingerprint density at radius 3 is 2.50 bits per heavy atom. The highest BCUT2D eigenvalue weighted by Crippen LogP contribution is 2.24. The third-order valence-electron chi connectivity index (χ3n) is 3.12. The fourth-order valence-corrected chi connectivity index (χ4v) is 4.05. The molecule has 104 valence electrons. The van der Waals surface area contributed by atoms with Crippen molar-refractivity contribution in [2.24, 2.45) is 5.73 Å². The van der Waals surface area contributed by atoms with E-state index >= 15 is 0 Å². The second kappa shape index (κ2) is 5.81. The fraction of sp³-hybridized carbons (Fsp3) is 0.727. The van der Waals surface area contributed by atoms with Crippen LogP contribution >= 0.6 is 0 Å². The second-order valence-electron chi connectivity index (χ2n) is 4.29. The Morgan fingerprint density at radius 1 is 1.44 bits per heavy atom. The van der Waals surface area contributed by atoms with Crippen LogP contribution in [0.2, 0.25) is 0 Å². The van der Waals surface area contributed by atoms with Crippen LogP contribution in [0.4, 0.5) is 0 Å². The molecule has 0 saturated carbocycles. The van der Waals surface area contributed by atoms with Gasteiger partial charge in [0, 0.05) is 19.1 Å². The maximum Gasteiger partial charge on any atom is 0.247 e. The Labute approximate surface area is 109 Å². The molecule has 3 N–H and O–H groups in total. The number of rotatable bonds is 6. The lowest BCUT2D eigenvalue weighted by Crippen LogP contribution is -2.38. The van der Waals surface area contributed by atoms with Gasteiger partial charge in [-0.2, -0.15) is 9.40 Å². The number of H-pyrrole nitrogens is 1. The number of aromatic amines is 1. The molecule has 0 saturated heterocycles. The smallest absolute Gasteiger partial charge is 0.247 e. The first-order valence-electron chi connectivity index (χ1n) is 6.15. The largest absolute Gasteiger partial charge is 0.325 e. The van der Waals surface area contributed by atoms with Crippen molar-refractivity contribution in [3.05, 3.63) is 11.4 Å². The molecule has 1 aromatic heterocycles. The minimum atomic E-state index is -3.53. The molecule has 0 aliphatic heterocycles. The molecule has 0 spiro atoms. The van der Waals surface area contributed by atoms with Crippen LogP contribution in [-0.2, 0) is 16.6 Å². The van der Waals surface area contributed by atoms with E-state index in [1.54, 1.807) is 6.92 Å². The number of hydrogen-bond acceptors (Lipinski definition) is 4. The molecule has 0 amide bonds. The number of nitrogens with zero attached hydrogens (tertiary/aromatic N) is 2. The lowest BCUT2D eigenvalue weighted by Gasteiger charge is -2.26. The molecule has 0 aromatic carbocycles. The van der Waals surface area contributed by atoms with E-state index < -0.39 is 10.0 Å². The molecule has 1 atom stereocenters. The summed E-state index contributed by atoms with van der Waals surface area (Å²) in [4.78, 5) is 0.229. The Kier molecular flexibility index (Phi) is 4.89. The van der Waals surface area contributed by atoms with E-state index in [0.717, 1.165) is 6.42 Å². The zero-order valence-corrected chi connectivity index (χ0v) is 12.2. The molecule has 1 heterocycles. The minimum Gasteiger partial charge on any atom is -0.325 e. The summed E-state index contributed by atoms with van der Waals surface area (Å²) in [5, 5.41) is 6.64. The third kappa shape index (κ3) is 2.57. The van der Waals surface area contributed by atoms with Gasteiger partial charge in [-0.15, -0.1) is 0 Å². The van der Waals surface area contributed by atoms with Crippen LogP contribution in [0.3, 0.4) is 0 Å². The lowest BCUT2D eigenvalue weighted by atomic mass is 10.3. The molecule has 18 heavy (non-hydrogen) atoms. The summed E-state index contributed by atoms with van der Waals surface area (Å²) in [5.74, 6) is 0. The standard InChI is InChI=1S/C11H22N4O2S/c1-5-8(3)15(6-2)18(16,17)11-9(4)13-14-10(11)7-12/h8H,5-7,12H2,1-4H3,(H,13,14). The zero-order valence-electron chi connectivity index (χ0n) is 11.4. The molecule has 0 bridgehead atoms. The lowest BCUT2D eigenvalue weighted by molar-refractivity contribution is 0.342. The Hall–Kier alpha value is -0.920. The summed E-state index contributed by atoms with van der Waals surface area (Å²) in [7, 11) is -3.53. The summed E-state index contributed by atoms with van der Waals surface area (Å²) in [6, 6.07) is -0.0417. The van der Waals surface area contributed by atoms with Crippen LogP contribution in [0.15, 0.2) is 4.90 Å². The summed E-state index contributed by atoms with van der Waals surface area (Å²) in [6.07, 6.45) is 0.766. The maximum atomic E-state index is 12.6. The van der Waals surface area contributed by atoms with E-state index in [-0.39, 0.29) is 17.5 Å². The van der Waals surface area contributed by atoms with Crippen LogP contribution in [0.1, 0.15) is 38.6 Å². The van der Waals surface area contributed by atoms with Crippen molar-refractivity contribution in [1.29, 1.82) is 0 Å². The predicted octanol–water partition coefficient (Wildman–Crippen LogP) is 0.986. The molecule has 1 aromatic rings. The number of aromatic nitrogens is 2. The van der Waals surface area contributed by atoms with Crippen molar-refractivity contribution >= 4 is 10.0 Å². The van der Waals surface area contributed by atoms with Crippen molar-refractivity contribution in [2.45, 2.75) is 51.6 Å². The van der Waals surface area contributed by atoms with Crippen molar-refractivity contribution < 1.29 is 8.42 Å². The quantitative estimate of drug-likeness (QED) is 0.809.